The van der Waals surface area contributed by atoms with E-state index < -0.39 is 5.97 Å². The number of carbonyl (C=O) groups is 2. The van der Waals surface area contributed by atoms with E-state index in [4.69, 9.17) is 0 Å². The molecule has 3 atom stereocenters. The summed E-state index contributed by atoms with van der Waals surface area (Å²) in [6.07, 6.45) is 1.12. The highest BCUT2D eigenvalue weighted by Crippen LogP contribution is 2.53. The Bertz CT molecular complexity index is 932. The first-order valence-electron chi connectivity index (χ1n) is 10.1. The Balaban J connectivity index is 1.82. The third kappa shape index (κ3) is 3.06. The summed E-state index contributed by atoms with van der Waals surface area (Å²) in [4.78, 5) is 25.9. The van der Waals surface area contributed by atoms with Gasteiger partial charge in [-0.25, -0.2) is 4.79 Å². The molecule has 1 aliphatic heterocycles. The Morgan fingerprint density at radius 1 is 1.14 bits per heavy atom. The lowest BCUT2D eigenvalue weighted by atomic mass is 9.78. The highest BCUT2D eigenvalue weighted by Gasteiger charge is 2.44. The lowest BCUT2D eigenvalue weighted by Gasteiger charge is -2.37. The molecule has 1 saturated heterocycles. The predicted molar refractivity (Wildman–Crippen MR) is 109 cm³/mol. The number of likely N-dealkylation sites (tertiary alicyclic amines) is 1. The second-order valence-corrected chi connectivity index (χ2v) is 8.21. The third-order valence-corrected chi connectivity index (χ3v) is 6.69. The van der Waals surface area contributed by atoms with Crippen molar-refractivity contribution < 1.29 is 14.7 Å². The maximum absolute atomic E-state index is 12.1. The number of ketones is 1. The standard InChI is InChI=1S/C24H27NO3/c1-4-25-10-9-18-22(13-25)20-12-19(15(3)26)14(2)11-21(20)23(18)16-5-7-17(8-6-16)24(27)28/h5-8,11-12,18,22-23H,4,9-10,13H2,1-3H3,(H,27,28)/t18-,22+,23+/m1/s1. The summed E-state index contributed by atoms with van der Waals surface area (Å²) < 4.78 is 0. The first kappa shape index (κ1) is 18.9. The number of fused-ring (bicyclic) bond motifs is 3. The van der Waals surface area contributed by atoms with E-state index in [1.54, 1.807) is 19.1 Å². The van der Waals surface area contributed by atoms with Gasteiger partial charge in [-0.3, -0.25) is 4.79 Å². The number of Topliss-reactive ketones (excluding diaryl/α,β-unsaturated/α-hetero) is 1. The van der Waals surface area contributed by atoms with Crippen LogP contribution in [0, 0.1) is 12.8 Å². The Labute approximate surface area is 166 Å². The zero-order chi connectivity index (χ0) is 20.0. The van der Waals surface area contributed by atoms with Crippen molar-refractivity contribution in [2.75, 3.05) is 19.6 Å². The van der Waals surface area contributed by atoms with Gasteiger partial charge in [-0.05, 0) is 79.7 Å². The molecule has 0 radical (unpaired) electrons. The average Bonchev–Trinajstić information content (AvgIpc) is 2.99. The van der Waals surface area contributed by atoms with Gasteiger partial charge in [0.05, 0.1) is 5.56 Å². The van der Waals surface area contributed by atoms with Gasteiger partial charge in [0.15, 0.2) is 5.78 Å². The number of aromatic carboxylic acids is 1. The van der Waals surface area contributed by atoms with Crippen LogP contribution in [0.2, 0.25) is 0 Å². The van der Waals surface area contributed by atoms with E-state index in [9.17, 15) is 14.7 Å². The molecule has 0 aromatic heterocycles. The summed E-state index contributed by atoms with van der Waals surface area (Å²) in [7, 11) is 0. The minimum absolute atomic E-state index is 0.120. The molecule has 28 heavy (non-hydrogen) atoms. The van der Waals surface area contributed by atoms with Crippen LogP contribution in [0.3, 0.4) is 0 Å². The molecule has 4 heteroatoms. The summed E-state index contributed by atoms with van der Waals surface area (Å²) in [5, 5.41) is 9.22. The largest absolute Gasteiger partial charge is 0.478 e. The lowest BCUT2D eigenvalue weighted by molar-refractivity contribution is 0.0696. The molecule has 1 fully saturated rings. The minimum atomic E-state index is -0.894. The van der Waals surface area contributed by atoms with Crippen LogP contribution >= 0.6 is 0 Å². The van der Waals surface area contributed by atoms with Crippen molar-refractivity contribution in [2.45, 2.75) is 39.0 Å². The summed E-state index contributed by atoms with van der Waals surface area (Å²) >= 11 is 0. The second kappa shape index (κ2) is 7.17. The minimum Gasteiger partial charge on any atom is -0.478 e. The molecule has 0 unspecified atom stereocenters. The molecule has 146 valence electrons. The Morgan fingerprint density at radius 3 is 2.46 bits per heavy atom. The van der Waals surface area contributed by atoms with Gasteiger partial charge in [0.1, 0.15) is 0 Å². The molecular weight excluding hydrogens is 350 g/mol. The van der Waals surface area contributed by atoms with Gasteiger partial charge < -0.3 is 10.0 Å². The van der Waals surface area contributed by atoms with Gasteiger partial charge in [-0.15, -0.1) is 0 Å². The maximum Gasteiger partial charge on any atom is 0.335 e. The van der Waals surface area contributed by atoms with Crippen LogP contribution in [0.25, 0.3) is 0 Å². The molecule has 2 aromatic carbocycles. The van der Waals surface area contributed by atoms with Crippen molar-refractivity contribution in [1.82, 2.24) is 4.90 Å². The fourth-order valence-electron chi connectivity index (χ4n) is 5.26. The number of hydrogen-bond donors (Lipinski definition) is 1. The van der Waals surface area contributed by atoms with Crippen molar-refractivity contribution in [1.29, 1.82) is 0 Å². The topological polar surface area (TPSA) is 57.6 Å². The Hall–Kier alpha value is -2.46. The van der Waals surface area contributed by atoms with Crippen LogP contribution in [-0.2, 0) is 0 Å². The number of rotatable bonds is 4. The first-order chi connectivity index (χ1) is 13.4. The summed E-state index contributed by atoms with van der Waals surface area (Å²) in [5.74, 6) is 0.409. The van der Waals surface area contributed by atoms with Crippen molar-refractivity contribution in [3.63, 3.8) is 0 Å². The fraction of sp³-hybridized carbons (Fsp3) is 0.417. The molecule has 4 rings (SSSR count). The fourth-order valence-corrected chi connectivity index (χ4v) is 5.26. The van der Waals surface area contributed by atoms with Crippen molar-refractivity contribution in [2.24, 2.45) is 5.92 Å². The number of nitrogens with zero attached hydrogens (tertiary/aromatic N) is 1. The molecule has 0 amide bonds. The first-order valence-corrected chi connectivity index (χ1v) is 10.1. The van der Waals surface area contributed by atoms with E-state index in [2.05, 4.69) is 24.0 Å². The zero-order valence-electron chi connectivity index (χ0n) is 16.7. The summed E-state index contributed by atoms with van der Waals surface area (Å²) in [6.45, 7) is 9.02. The molecule has 2 aromatic rings. The lowest BCUT2D eigenvalue weighted by Crippen LogP contribution is -2.38. The molecule has 1 aliphatic carbocycles. The maximum atomic E-state index is 12.1. The van der Waals surface area contributed by atoms with E-state index in [0.717, 1.165) is 37.2 Å². The second-order valence-electron chi connectivity index (χ2n) is 8.21. The van der Waals surface area contributed by atoms with Crippen molar-refractivity contribution >= 4 is 11.8 Å². The van der Waals surface area contributed by atoms with Crippen LogP contribution in [0.1, 0.15) is 75.1 Å². The summed E-state index contributed by atoms with van der Waals surface area (Å²) in [5.41, 5.74) is 5.99. The molecule has 4 nitrogen and oxygen atoms in total. The van der Waals surface area contributed by atoms with E-state index in [0.29, 0.717) is 17.4 Å². The van der Waals surface area contributed by atoms with Gasteiger partial charge in [0.25, 0.3) is 0 Å². The normalized spacial score (nSPS) is 23.9. The average molecular weight is 377 g/mol. The van der Waals surface area contributed by atoms with Gasteiger partial charge in [-0.2, -0.15) is 0 Å². The van der Waals surface area contributed by atoms with E-state index >= 15 is 0 Å². The van der Waals surface area contributed by atoms with E-state index in [1.807, 2.05) is 19.1 Å². The predicted octanol–water partition coefficient (Wildman–Crippen LogP) is 4.47. The van der Waals surface area contributed by atoms with E-state index in [-0.39, 0.29) is 11.7 Å². The van der Waals surface area contributed by atoms with Gasteiger partial charge in [0, 0.05) is 23.9 Å². The van der Waals surface area contributed by atoms with Gasteiger partial charge >= 0.3 is 5.97 Å². The van der Waals surface area contributed by atoms with Gasteiger partial charge in [0.2, 0.25) is 0 Å². The van der Waals surface area contributed by atoms with Crippen LogP contribution < -0.4 is 0 Å². The van der Waals surface area contributed by atoms with Gasteiger partial charge in [-0.1, -0.05) is 25.1 Å². The number of benzene rings is 2. The third-order valence-electron chi connectivity index (χ3n) is 6.69. The molecule has 0 saturated carbocycles. The molecular formula is C24H27NO3. The monoisotopic (exact) mass is 377 g/mol. The Kier molecular flexibility index (Phi) is 4.84. The SMILES string of the molecule is CCN1CC[C@H]2[C@H](c3ccc(C(=O)O)cc3)c3cc(C)c(C(C)=O)cc3[C@H]2C1. The number of hydrogen-bond acceptors (Lipinski definition) is 3. The molecule has 0 spiro atoms. The number of likely N-dealkylation sites (N-methyl/N-ethyl adjacent to an activating group) is 1. The zero-order valence-corrected chi connectivity index (χ0v) is 16.7. The highest BCUT2D eigenvalue weighted by molar-refractivity contribution is 5.96. The smallest absolute Gasteiger partial charge is 0.335 e. The number of piperidine rings is 1. The molecule has 0 bridgehead atoms. The number of carbonyl (C=O) groups excluding carboxylic acids is 1. The van der Waals surface area contributed by atoms with Crippen molar-refractivity contribution in [3.8, 4) is 0 Å². The quantitative estimate of drug-likeness (QED) is 0.799. The number of aryl methyl sites for hydroxylation is 1. The van der Waals surface area contributed by atoms with Crippen LogP contribution in [0.5, 0.6) is 0 Å². The molecule has 1 heterocycles. The highest BCUT2D eigenvalue weighted by atomic mass is 16.4. The Morgan fingerprint density at radius 2 is 1.86 bits per heavy atom. The number of carboxylic acid groups (broad SMARTS) is 1. The summed E-state index contributed by atoms with van der Waals surface area (Å²) in [6, 6.07) is 11.7. The molecule has 1 N–H and O–H groups in total. The van der Waals surface area contributed by atoms with Crippen LogP contribution in [0.15, 0.2) is 36.4 Å². The number of carboxylic acids is 1. The molecule has 2 aliphatic rings. The van der Waals surface area contributed by atoms with Crippen LogP contribution in [0.4, 0.5) is 0 Å². The van der Waals surface area contributed by atoms with E-state index in [1.165, 1.54) is 16.7 Å². The van der Waals surface area contributed by atoms with Crippen molar-refractivity contribution in [3.05, 3.63) is 69.8 Å². The van der Waals surface area contributed by atoms with Crippen LogP contribution in [-0.4, -0.2) is 41.4 Å².